The topological polar surface area (TPSA) is 45.7 Å². The highest BCUT2D eigenvalue weighted by Gasteiger charge is 2.30. The Morgan fingerprint density at radius 2 is 2.07 bits per heavy atom. The van der Waals surface area contributed by atoms with Crippen molar-refractivity contribution in [2.45, 2.75) is 45.4 Å². The maximum Gasteiger partial charge on any atom is 0.410 e. The fourth-order valence-electron chi connectivity index (χ4n) is 3.42. The minimum atomic E-state index is -0.547. The Bertz CT molecular complexity index is 790. The standard InChI is InChI=1S/C21H28FN3O2/c1-21(2,3)27-20(26)25-10-4-9-24(19(12-22)15-25)14-16-5-6-18-13-23-8-7-17(18)11-16/h5-8,11,13,19H,4,9-10,12,14-15H2,1-3H3/t19-/m1/s1. The average Bonchev–Trinajstić information content (AvgIpc) is 2.82. The van der Waals surface area contributed by atoms with E-state index < -0.39 is 12.3 Å². The van der Waals surface area contributed by atoms with E-state index in [0.29, 0.717) is 19.6 Å². The minimum absolute atomic E-state index is 0.326. The lowest BCUT2D eigenvalue weighted by molar-refractivity contribution is 0.0221. The molecule has 1 fully saturated rings. The number of aromatic nitrogens is 1. The van der Waals surface area contributed by atoms with E-state index in [9.17, 15) is 9.18 Å². The Morgan fingerprint density at radius 1 is 1.26 bits per heavy atom. The molecule has 1 atom stereocenters. The van der Waals surface area contributed by atoms with Gasteiger partial charge in [0.05, 0.1) is 6.04 Å². The van der Waals surface area contributed by atoms with Crippen LogP contribution in [0.5, 0.6) is 0 Å². The second kappa shape index (κ2) is 8.21. The molecule has 6 heteroatoms. The van der Waals surface area contributed by atoms with E-state index in [1.165, 1.54) is 0 Å². The monoisotopic (exact) mass is 373 g/mol. The molecule has 1 aromatic carbocycles. The van der Waals surface area contributed by atoms with Gasteiger partial charge < -0.3 is 9.64 Å². The summed E-state index contributed by atoms with van der Waals surface area (Å²) < 4.78 is 19.3. The highest BCUT2D eigenvalue weighted by atomic mass is 19.1. The van der Waals surface area contributed by atoms with E-state index in [2.05, 4.69) is 22.0 Å². The first kappa shape index (κ1) is 19.5. The number of hydrogen-bond donors (Lipinski definition) is 0. The van der Waals surface area contributed by atoms with Gasteiger partial charge in [-0.1, -0.05) is 12.1 Å². The molecule has 1 saturated heterocycles. The maximum atomic E-state index is 13.8. The number of benzene rings is 1. The van der Waals surface area contributed by atoms with E-state index in [1.54, 1.807) is 11.1 Å². The summed E-state index contributed by atoms with van der Waals surface area (Å²) >= 11 is 0. The fraction of sp³-hybridized carbons (Fsp3) is 0.524. The minimum Gasteiger partial charge on any atom is -0.444 e. The summed E-state index contributed by atoms with van der Waals surface area (Å²) in [6.07, 6.45) is 4.06. The van der Waals surface area contributed by atoms with Gasteiger partial charge in [0.1, 0.15) is 12.3 Å². The van der Waals surface area contributed by atoms with Crippen LogP contribution < -0.4 is 0 Å². The first-order chi connectivity index (χ1) is 12.9. The lowest BCUT2D eigenvalue weighted by Crippen LogP contribution is -2.45. The molecule has 0 N–H and O–H groups in total. The number of ether oxygens (including phenoxy) is 1. The van der Waals surface area contributed by atoms with Gasteiger partial charge in [0.2, 0.25) is 0 Å². The number of hydrogen-bond acceptors (Lipinski definition) is 4. The number of halogens is 1. The van der Waals surface area contributed by atoms with Crippen LogP contribution in [0.4, 0.5) is 9.18 Å². The van der Waals surface area contributed by atoms with E-state index in [0.717, 1.165) is 29.3 Å². The smallest absolute Gasteiger partial charge is 0.410 e. The maximum absolute atomic E-state index is 13.8. The Kier molecular flexibility index (Phi) is 5.95. The molecule has 0 aliphatic carbocycles. The van der Waals surface area contributed by atoms with Gasteiger partial charge >= 0.3 is 6.09 Å². The van der Waals surface area contributed by atoms with Crippen molar-refractivity contribution in [3.8, 4) is 0 Å². The Balaban J connectivity index is 1.70. The van der Waals surface area contributed by atoms with Crippen LogP contribution in [0.15, 0.2) is 36.7 Å². The summed E-state index contributed by atoms with van der Waals surface area (Å²) in [6.45, 7) is 7.40. The molecule has 146 valence electrons. The SMILES string of the molecule is CC(C)(C)OC(=O)N1CCCN(Cc2ccc3cnccc3c2)[C@H](CF)C1. The fourth-order valence-corrected chi connectivity index (χ4v) is 3.42. The van der Waals surface area contributed by atoms with Gasteiger partial charge in [-0.2, -0.15) is 0 Å². The molecule has 1 amide bonds. The molecular formula is C21H28FN3O2. The molecule has 2 aromatic rings. The van der Waals surface area contributed by atoms with Gasteiger partial charge in [-0.25, -0.2) is 9.18 Å². The predicted octanol–water partition coefficient (Wildman–Crippen LogP) is 4.02. The zero-order valence-electron chi connectivity index (χ0n) is 16.3. The van der Waals surface area contributed by atoms with Gasteiger partial charge in [0, 0.05) is 44.0 Å². The molecule has 2 heterocycles. The van der Waals surface area contributed by atoms with Crippen molar-refractivity contribution in [1.29, 1.82) is 0 Å². The second-order valence-electron chi connectivity index (χ2n) is 8.12. The number of carbonyl (C=O) groups excluding carboxylic acids is 1. The van der Waals surface area contributed by atoms with E-state index in [4.69, 9.17) is 4.74 Å². The molecule has 1 aromatic heterocycles. The first-order valence-corrected chi connectivity index (χ1v) is 9.46. The van der Waals surface area contributed by atoms with Crippen LogP contribution >= 0.6 is 0 Å². The third kappa shape index (κ3) is 5.16. The zero-order valence-corrected chi connectivity index (χ0v) is 16.3. The van der Waals surface area contributed by atoms with E-state index in [-0.39, 0.29) is 12.1 Å². The van der Waals surface area contributed by atoms with Crippen LogP contribution in [0.1, 0.15) is 32.8 Å². The molecule has 1 aliphatic rings. The Hall–Kier alpha value is -2.21. The number of amides is 1. The van der Waals surface area contributed by atoms with Crippen molar-refractivity contribution in [3.63, 3.8) is 0 Å². The van der Waals surface area contributed by atoms with Gasteiger partial charge in [-0.15, -0.1) is 0 Å². The van der Waals surface area contributed by atoms with Crippen LogP contribution in [0.25, 0.3) is 10.8 Å². The van der Waals surface area contributed by atoms with Crippen molar-refractivity contribution in [2.24, 2.45) is 0 Å². The highest BCUT2D eigenvalue weighted by Crippen LogP contribution is 2.20. The van der Waals surface area contributed by atoms with Gasteiger partial charge in [-0.3, -0.25) is 9.88 Å². The van der Waals surface area contributed by atoms with Crippen LogP contribution in [0.3, 0.4) is 0 Å². The quantitative estimate of drug-likeness (QED) is 0.815. The molecule has 5 nitrogen and oxygen atoms in total. The third-order valence-corrected chi connectivity index (χ3v) is 4.74. The van der Waals surface area contributed by atoms with Crippen LogP contribution in [-0.2, 0) is 11.3 Å². The van der Waals surface area contributed by atoms with Crippen LogP contribution in [0, 0.1) is 0 Å². The first-order valence-electron chi connectivity index (χ1n) is 9.46. The zero-order chi connectivity index (χ0) is 19.4. The third-order valence-electron chi connectivity index (χ3n) is 4.74. The molecule has 0 bridgehead atoms. The van der Waals surface area contributed by atoms with Crippen molar-refractivity contribution in [2.75, 3.05) is 26.3 Å². The number of nitrogens with zero attached hydrogens (tertiary/aromatic N) is 3. The number of pyridine rings is 1. The van der Waals surface area contributed by atoms with E-state index >= 15 is 0 Å². The molecular weight excluding hydrogens is 345 g/mol. The lowest BCUT2D eigenvalue weighted by atomic mass is 10.1. The summed E-state index contributed by atoms with van der Waals surface area (Å²) in [5.74, 6) is 0. The number of fused-ring (bicyclic) bond motifs is 1. The molecule has 0 saturated carbocycles. The van der Waals surface area contributed by atoms with Crippen molar-refractivity contribution in [1.82, 2.24) is 14.8 Å². The summed E-state index contributed by atoms with van der Waals surface area (Å²) in [4.78, 5) is 20.3. The van der Waals surface area contributed by atoms with Crippen LogP contribution in [-0.4, -0.2) is 58.8 Å². The number of rotatable bonds is 3. The molecule has 27 heavy (non-hydrogen) atoms. The molecule has 0 radical (unpaired) electrons. The van der Waals surface area contributed by atoms with Crippen molar-refractivity contribution < 1.29 is 13.9 Å². The van der Waals surface area contributed by atoms with Crippen molar-refractivity contribution >= 4 is 16.9 Å². The van der Waals surface area contributed by atoms with E-state index in [1.807, 2.05) is 39.1 Å². The van der Waals surface area contributed by atoms with Crippen LogP contribution in [0.2, 0.25) is 0 Å². The summed E-state index contributed by atoms with van der Waals surface area (Å²) in [6, 6.07) is 7.90. The van der Waals surface area contributed by atoms with Gasteiger partial charge in [-0.05, 0) is 50.3 Å². The molecule has 3 rings (SSSR count). The van der Waals surface area contributed by atoms with Gasteiger partial charge in [0.15, 0.2) is 0 Å². The summed E-state index contributed by atoms with van der Waals surface area (Å²) in [5.41, 5.74) is 0.590. The molecule has 0 spiro atoms. The normalized spacial score (nSPS) is 19.1. The average molecular weight is 373 g/mol. The largest absolute Gasteiger partial charge is 0.444 e. The summed E-state index contributed by atoms with van der Waals surface area (Å²) in [5, 5.41) is 2.22. The number of carbonyl (C=O) groups is 1. The Morgan fingerprint density at radius 3 is 2.81 bits per heavy atom. The summed E-state index contributed by atoms with van der Waals surface area (Å²) in [7, 11) is 0. The molecule has 0 unspecified atom stereocenters. The second-order valence-corrected chi connectivity index (χ2v) is 8.12. The molecule has 1 aliphatic heterocycles. The van der Waals surface area contributed by atoms with Crippen molar-refractivity contribution in [3.05, 3.63) is 42.2 Å². The van der Waals surface area contributed by atoms with Gasteiger partial charge in [0.25, 0.3) is 0 Å². The highest BCUT2D eigenvalue weighted by molar-refractivity contribution is 5.82. The predicted molar refractivity (Wildman–Crippen MR) is 104 cm³/mol. The lowest BCUT2D eigenvalue weighted by Gasteiger charge is -2.31. The number of alkyl halides is 1. The Labute approximate surface area is 160 Å².